The summed E-state index contributed by atoms with van der Waals surface area (Å²) in [4.78, 5) is 0. The molecule has 1 aromatic heterocycles. The number of methoxy groups -OCH3 is 1. The smallest absolute Gasteiger partial charge is 0.135 e. The molecule has 0 aliphatic heterocycles. The Balaban J connectivity index is 2.52. The molecule has 0 fully saturated rings. The second-order valence-electron chi connectivity index (χ2n) is 5.12. The molecule has 110 valence electrons. The van der Waals surface area contributed by atoms with Crippen LogP contribution in [0.15, 0.2) is 15.0 Å². The van der Waals surface area contributed by atoms with Crippen LogP contribution in [0.4, 0.5) is 0 Å². The summed E-state index contributed by atoms with van der Waals surface area (Å²) in [6.07, 6.45) is 1.11. The Morgan fingerprint density at radius 3 is 2.75 bits per heavy atom. The molecule has 0 atom stereocenters. The highest BCUT2D eigenvalue weighted by Crippen LogP contribution is 2.35. The largest absolute Gasteiger partial charge is 0.459 e. The van der Waals surface area contributed by atoms with Crippen molar-refractivity contribution in [1.29, 1.82) is 0 Å². The van der Waals surface area contributed by atoms with Gasteiger partial charge in [0.2, 0.25) is 0 Å². The number of halogens is 1. The van der Waals surface area contributed by atoms with Crippen molar-refractivity contribution in [2.24, 2.45) is 0 Å². The van der Waals surface area contributed by atoms with Crippen LogP contribution < -0.4 is 5.32 Å². The molecule has 0 unspecified atom stereocenters. The van der Waals surface area contributed by atoms with Gasteiger partial charge in [-0.1, -0.05) is 22.9 Å². The van der Waals surface area contributed by atoms with Crippen LogP contribution in [-0.2, 0) is 17.9 Å². The van der Waals surface area contributed by atoms with Gasteiger partial charge in [-0.2, -0.15) is 0 Å². The molecule has 0 bridgehead atoms. The summed E-state index contributed by atoms with van der Waals surface area (Å²) in [7, 11) is 1.72. The van der Waals surface area contributed by atoms with Gasteiger partial charge in [-0.25, -0.2) is 0 Å². The first-order chi connectivity index (χ1) is 9.60. The zero-order valence-electron chi connectivity index (χ0n) is 12.6. The summed E-state index contributed by atoms with van der Waals surface area (Å²) in [6, 6.07) is 2.09. The first-order valence-corrected chi connectivity index (χ1v) is 7.79. The van der Waals surface area contributed by atoms with Crippen LogP contribution in [0.3, 0.4) is 0 Å². The van der Waals surface area contributed by atoms with Crippen molar-refractivity contribution in [2.45, 2.75) is 40.3 Å². The van der Waals surface area contributed by atoms with Crippen LogP contribution in [0.1, 0.15) is 35.8 Å². The Bertz CT molecular complexity index is 604. The van der Waals surface area contributed by atoms with Gasteiger partial charge in [-0.15, -0.1) is 0 Å². The number of ether oxygens (including phenoxy) is 1. The van der Waals surface area contributed by atoms with Gasteiger partial charge in [-0.05, 0) is 44.0 Å². The molecule has 4 heteroatoms. The zero-order valence-corrected chi connectivity index (χ0v) is 14.2. The van der Waals surface area contributed by atoms with Gasteiger partial charge in [-0.3, -0.25) is 0 Å². The lowest BCUT2D eigenvalue weighted by atomic mass is 10.0. The van der Waals surface area contributed by atoms with Gasteiger partial charge in [0, 0.05) is 22.5 Å². The van der Waals surface area contributed by atoms with E-state index in [0.717, 1.165) is 40.9 Å². The monoisotopic (exact) mass is 339 g/mol. The molecule has 2 aromatic rings. The van der Waals surface area contributed by atoms with E-state index in [1.165, 1.54) is 16.5 Å². The third-order valence-electron chi connectivity index (χ3n) is 3.52. The van der Waals surface area contributed by atoms with E-state index in [9.17, 15) is 0 Å². The fraction of sp³-hybridized carbons (Fsp3) is 0.500. The van der Waals surface area contributed by atoms with Crippen LogP contribution in [-0.4, -0.2) is 13.7 Å². The molecule has 1 aromatic carbocycles. The minimum absolute atomic E-state index is 0.576. The molecule has 0 saturated carbocycles. The third kappa shape index (κ3) is 2.92. The van der Waals surface area contributed by atoms with Crippen molar-refractivity contribution in [1.82, 2.24) is 5.32 Å². The Hall–Kier alpha value is -0.840. The summed E-state index contributed by atoms with van der Waals surface area (Å²) in [6.45, 7) is 8.68. The SMILES string of the molecule is CCCNCc1oc2cc(C)c(Br)c(C)c2c1COC. The zero-order chi connectivity index (χ0) is 14.7. The molecule has 3 nitrogen and oxygen atoms in total. The molecular formula is C16H22BrNO2. The Morgan fingerprint density at radius 2 is 2.10 bits per heavy atom. The molecule has 0 aliphatic carbocycles. The number of benzene rings is 1. The summed E-state index contributed by atoms with van der Waals surface area (Å²) < 4.78 is 12.6. The van der Waals surface area contributed by atoms with Crippen molar-refractivity contribution in [3.05, 3.63) is 33.0 Å². The van der Waals surface area contributed by atoms with E-state index in [2.05, 4.69) is 48.1 Å². The average molecular weight is 340 g/mol. The lowest BCUT2D eigenvalue weighted by Crippen LogP contribution is -2.14. The van der Waals surface area contributed by atoms with E-state index in [-0.39, 0.29) is 0 Å². The summed E-state index contributed by atoms with van der Waals surface area (Å²) in [5.74, 6) is 0.982. The van der Waals surface area contributed by atoms with Crippen LogP contribution in [0.2, 0.25) is 0 Å². The van der Waals surface area contributed by atoms with Crippen molar-refractivity contribution in [2.75, 3.05) is 13.7 Å². The van der Waals surface area contributed by atoms with E-state index in [1.54, 1.807) is 7.11 Å². The maximum atomic E-state index is 6.05. The van der Waals surface area contributed by atoms with Crippen LogP contribution in [0.5, 0.6) is 0 Å². The molecule has 0 spiro atoms. The number of nitrogens with one attached hydrogen (secondary N) is 1. The maximum absolute atomic E-state index is 6.05. The van der Waals surface area contributed by atoms with Crippen molar-refractivity contribution in [3.63, 3.8) is 0 Å². The van der Waals surface area contributed by atoms with Crippen LogP contribution in [0.25, 0.3) is 11.0 Å². The lowest BCUT2D eigenvalue weighted by molar-refractivity contribution is 0.183. The molecule has 0 radical (unpaired) electrons. The molecule has 20 heavy (non-hydrogen) atoms. The van der Waals surface area contributed by atoms with Gasteiger partial charge in [0.1, 0.15) is 11.3 Å². The third-order valence-corrected chi connectivity index (χ3v) is 4.74. The van der Waals surface area contributed by atoms with E-state index in [0.29, 0.717) is 6.61 Å². The maximum Gasteiger partial charge on any atom is 0.135 e. The standard InChI is InChI=1S/C16H22BrNO2/c1-5-6-18-8-14-12(9-19-4)15-11(3)16(17)10(2)7-13(15)20-14/h7,18H,5-6,8-9H2,1-4H3. The van der Waals surface area contributed by atoms with Crippen molar-refractivity contribution < 1.29 is 9.15 Å². The summed E-state index contributed by atoms with van der Waals surface area (Å²) in [5.41, 5.74) is 4.52. The highest BCUT2D eigenvalue weighted by atomic mass is 79.9. The second-order valence-corrected chi connectivity index (χ2v) is 5.91. The quantitative estimate of drug-likeness (QED) is 0.789. The minimum Gasteiger partial charge on any atom is -0.459 e. The van der Waals surface area contributed by atoms with E-state index >= 15 is 0 Å². The number of furan rings is 1. The van der Waals surface area contributed by atoms with Gasteiger partial charge >= 0.3 is 0 Å². The molecule has 2 rings (SSSR count). The number of rotatable bonds is 6. The molecule has 0 amide bonds. The topological polar surface area (TPSA) is 34.4 Å². The lowest BCUT2D eigenvalue weighted by Gasteiger charge is -2.06. The molecule has 0 saturated heterocycles. The highest BCUT2D eigenvalue weighted by Gasteiger charge is 2.18. The first-order valence-electron chi connectivity index (χ1n) is 6.99. The van der Waals surface area contributed by atoms with E-state index < -0.39 is 0 Å². The van der Waals surface area contributed by atoms with Crippen molar-refractivity contribution in [3.8, 4) is 0 Å². The second kappa shape index (κ2) is 6.74. The number of hydrogen-bond acceptors (Lipinski definition) is 3. The fourth-order valence-corrected chi connectivity index (χ4v) is 2.84. The molecule has 1 N–H and O–H groups in total. The number of fused-ring (bicyclic) bond motifs is 1. The molecule has 0 aliphatic rings. The Kier molecular flexibility index (Phi) is 5.24. The van der Waals surface area contributed by atoms with Gasteiger partial charge < -0.3 is 14.5 Å². The van der Waals surface area contributed by atoms with Gasteiger partial charge in [0.25, 0.3) is 0 Å². The predicted molar refractivity (Wildman–Crippen MR) is 86.1 cm³/mol. The molecule has 1 heterocycles. The number of aryl methyl sites for hydroxylation is 2. The van der Waals surface area contributed by atoms with Crippen LogP contribution in [0, 0.1) is 13.8 Å². The minimum atomic E-state index is 0.576. The van der Waals surface area contributed by atoms with Crippen LogP contribution >= 0.6 is 15.9 Å². The van der Waals surface area contributed by atoms with Crippen molar-refractivity contribution >= 4 is 26.9 Å². The molecular weight excluding hydrogens is 318 g/mol. The normalized spacial score (nSPS) is 11.4. The van der Waals surface area contributed by atoms with Gasteiger partial charge in [0.05, 0.1) is 13.2 Å². The van der Waals surface area contributed by atoms with Gasteiger partial charge in [0.15, 0.2) is 0 Å². The van der Waals surface area contributed by atoms with E-state index in [4.69, 9.17) is 9.15 Å². The highest BCUT2D eigenvalue weighted by molar-refractivity contribution is 9.10. The Morgan fingerprint density at radius 1 is 1.35 bits per heavy atom. The first kappa shape index (κ1) is 15.5. The summed E-state index contributed by atoms with van der Waals surface area (Å²) >= 11 is 3.66. The number of hydrogen-bond donors (Lipinski definition) is 1. The van der Waals surface area contributed by atoms with E-state index in [1.807, 2.05) is 0 Å². The summed E-state index contributed by atoms with van der Waals surface area (Å²) in [5, 5.41) is 4.58. The average Bonchev–Trinajstić information content (AvgIpc) is 2.75. The Labute approximate surface area is 128 Å². The fourth-order valence-electron chi connectivity index (χ4n) is 2.53. The predicted octanol–water partition coefficient (Wildman–Crippen LogP) is 4.46.